The van der Waals surface area contributed by atoms with Gasteiger partial charge in [-0.05, 0) is 58.1 Å². The molecule has 1 fully saturated rings. The molecule has 0 spiro atoms. The number of nitrogens with zero attached hydrogens (tertiary/aromatic N) is 2. The number of carboxylic acid groups (broad SMARTS) is 4. The van der Waals surface area contributed by atoms with E-state index >= 15 is 0 Å². The fraction of sp³-hybridized carbons (Fsp3) is 0.473. The van der Waals surface area contributed by atoms with Gasteiger partial charge in [0.1, 0.15) is 60.4 Å². The zero-order chi connectivity index (χ0) is 64.7. The zero-order valence-corrected chi connectivity index (χ0v) is 47.9. The molecule has 1 aliphatic rings. The Balaban J connectivity index is 1.49. The standard InChI is InChI=1S/C55H73N13O19/c1-27(60-47(78)35(17-18-41(70)71)62-50(81)38(23-42(72)73)66-52(83)40-16-11-19-68(40)54(85)34(56)22-33-25-57-26-58-33)45(76)59-28(2)46(77)63-36(20-31-12-7-5-8-13-31)48(79)64-37(21-32-14-9-6-10-15-32)49(80)65-39(24-43(74)75)51(82)67-44(30(4)69)53(84)61-29(3)55(86)87/h5-10,12-15,25-30,34-40,44,69H,11,16-24,56H2,1-4H3,(H,57,58)(H,59,76)(H,60,78)(H,61,84)(H,62,81)(H,63,77)(H,64,79)(H,65,80)(H,66,83)(H,67,82)(H,70,71)(H,72,73)(H,74,75)(H,86,87)/t27-,28-,29-,30+,34-,35-,36-,37-,38-,39-,40-,44-/m0/s1. The predicted octanol–water partition coefficient (Wildman–Crippen LogP) is -4.54. The average Bonchev–Trinajstić information content (AvgIpc) is 2.81. The molecule has 12 atom stereocenters. The number of hydrogen-bond donors (Lipinski definition) is 16. The maximum absolute atomic E-state index is 14.4. The van der Waals surface area contributed by atoms with Crippen molar-refractivity contribution in [3.8, 4) is 0 Å². The molecular weight excluding hydrogens is 1150 g/mol. The van der Waals surface area contributed by atoms with Gasteiger partial charge in [0.15, 0.2) is 0 Å². The second kappa shape index (κ2) is 33.6. The monoisotopic (exact) mass is 1220 g/mol. The summed E-state index contributed by atoms with van der Waals surface area (Å²) in [6.45, 7) is 4.67. The second-order valence-electron chi connectivity index (χ2n) is 20.6. The van der Waals surface area contributed by atoms with Crippen LogP contribution in [0.2, 0.25) is 0 Å². The number of aromatic amines is 1. The Hall–Kier alpha value is -9.85. The summed E-state index contributed by atoms with van der Waals surface area (Å²) in [7, 11) is 0. The Labute approximate surface area is 497 Å². The number of aliphatic hydroxyl groups excluding tert-OH is 1. The first-order valence-electron chi connectivity index (χ1n) is 27.5. The molecule has 87 heavy (non-hydrogen) atoms. The molecular formula is C55H73N13O19. The van der Waals surface area contributed by atoms with Gasteiger partial charge < -0.3 is 89.0 Å². The molecule has 0 bridgehead atoms. The van der Waals surface area contributed by atoms with Gasteiger partial charge in [0, 0.05) is 38.4 Å². The number of imidazole rings is 1. The first kappa shape index (κ1) is 69.6. The van der Waals surface area contributed by atoms with Crippen molar-refractivity contribution >= 4 is 82.9 Å². The van der Waals surface area contributed by atoms with Crippen molar-refractivity contribution in [3.63, 3.8) is 0 Å². The largest absolute Gasteiger partial charge is 0.481 e. The van der Waals surface area contributed by atoms with Crippen LogP contribution in [0.25, 0.3) is 0 Å². The first-order chi connectivity index (χ1) is 41.0. The second-order valence-corrected chi connectivity index (χ2v) is 20.6. The van der Waals surface area contributed by atoms with Crippen LogP contribution in [0.1, 0.15) is 83.0 Å². The highest BCUT2D eigenvalue weighted by molar-refractivity contribution is 6.00. The number of nitrogens with two attached hydrogens (primary N) is 1. The maximum atomic E-state index is 14.4. The molecule has 0 aliphatic carbocycles. The number of aliphatic hydroxyl groups is 1. The van der Waals surface area contributed by atoms with Gasteiger partial charge in [0.05, 0.1) is 37.0 Å². The van der Waals surface area contributed by atoms with Crippen molar-refractivity contribution in [2.75, 3.05) is 6.54 Å². The third-order valence-corrected chi connectivity index (χ3v) is 13.6. The quantitative estimate of drug-likeness (QED) is 0.0268. The fourth-order valence-corrected chi connectivity index (χ4v) is 8.84. The number of carbonyl (C=O) groups is 14. The van der Waals surface area contributed by atoms with Crippen molar-refractivity contribution in [2.24, 2.45) is 5.73 Å². The highest BCUT2D eigenvalue weighted by Crippen LogP contribution is 2.20. The number of aliphatic carboxylic acids is 4. The molecule has 0 saturated carbocycles. The normalized spacial score (nSPS) is 16.5. The predicted molar refractivity (Wildman–Crippen MR) is 300 cm³/mol. The first-order valence-corrected chi connectivity index (χ1v) is 27.5. The van der Waals surface area contributed by atoms with Crippen molar-refractivity contribution in [3.05, 3.63) is 90.0 Å². The zero-order valence-electron chi connectivity index (χ0n) is 47.9. The van der Waals surface area contributed by atoms with E-state index in [-0.39, 0.29) is 32.2 Å². The molecule has 1 aromatic heterocycles. The fourth-order valence-electron chi connectivity index (χ4n) is 8.84. The summed E-state index contributed by atoms with van der Waals surface area (Å²) in [6, 6.07) is -1.16. The van der Waals surface area contributed by atoms with Crippen LogP contribution in [0.4, 0.5) is 0 Å². The van der Waals surface area contributed by atoms with Crippen LogP contribution in [0, 0.1) is 0 Å². The van der Waals surface area contributed by atoms with Crippen LogP contribution in [-0.4, -0.2) is 202 Å². The Morgan fingerprint density at radius 2 is 1.00 bits per heavy atom. The molecule has 1 saturated heterocycles. The average molecular weight is 1220 g/mol. The molecule has 32 nitrogen and oxygen atoms in total. The van der Waals surface area contributed by atoms with Crippen LogP contribution >= 0.6 is 0 Å². The number of H-pyrrole nitrogens is 1. The van der Waals surface area contributed by atoms with E-state index in [4.69, 9.17) is 5.73 Å². The van der Waals surface area contributed by atoms with Gasteiger partial charge in [0.25, 0.3) is 0 Å². The number of carbonyl (C=O) groups excluding carboxylic acids is 10. The van der Waals surface area contributed by atoms with Crippen molar-refractivity contribution < 1.29 is 92.7 Å². The molecule has 4 rings (SSSR count). The van der Waals surface area contributed by atoms with Crippen LogP contribution < -0.4 is 53.6 Å². The lowest BCUT2D eigenvalue weighted by Crippen LogP contribution is -2.61. The van der Waals surface area contributed by atoms with E-state index in [0.29, 0.717) is 23.2 Å². The van der Waals surface area contributed by atoms with Crippen molar-refractivity contribution in [2.45, 2.75) is 158 Å². The molecule has 17 N–H and O–H groups in total. The summed E-state index contributed by atoms with van der Waals surface area (Å²) in [5.74, 6) is -16.5. The number of carboxylic acids is 4. The molecule has 2 heterocycles. The van der Waals surface area contributed by atoms with E-state index in [1.54, 1.807) is 60.7 Å². The molecule has 2 aromatic carbocycles. The third kappa shape index (κ3) is 22.6. The molecule has 0 radical (unpaired) electrons. The minimum absolute atomic E-state index is 0.0293. The number of nitrogens with one attached hydrogen (secondary N) is 10. The molecule has 10 amide bonds. The minimum Gasteiger partial charge on any atom is -0.481 e. The lowest BCUT2D eigenvalue weighted by atomic mass is 10.0. The lowest BCUT2D eigenvalue weighted by Gasteiger charge is -2.28. The molecule has 32 heteroatoms. The molecule has 3 aromatic rings. The van der Waals surface area contributed by atoms with Crippen LogP contribution in [0.5, 0.6) is 0 Å². The number of likely N-dealkylation sites (tertiary alicyclic amines) is 1. The summed E-state index contributed by atoms with van der Waals surface area (Å²) in [5, 5.41) is 69.2. The van der Waals surface area contributed by atoms with Gasteiger partial charge in [0.2, 0.25) is 59.1 Å². The summed E-state index contributed by atoms with van der Waals surface area (Å²) in [5.41, 5.74) is 7.54. The van der Waals surface area contributed by atoms with Gasteiger partial charge in [-0.1, -0.05) is 60.7 Å². The Kier molecular flexibility index (Phi) is 26.9. The Morgan fingerprint density at radius 3 is 1.49 bits per heavy atom. The molecule has 472 valence electrons. The molecule has 0 unspecified atom stereocenters. The van der Waals surface area contributed by atoms with E-state index < -0.39 is 181 Å². The van der Waals surface area contributed by atoms with E-state index in [9.17, 15) is 92.7 Å². The molecule has 1 aliphatic heterocycles. The van der Waals surface area contributed by atoms with Crippen molar-refractivity contribution in [1.29, 1.82) is 0 Å². The van der Waals surface area contributed by atoms with Gasteiger partial charge in [-0.15, -0.1) is 0 Å². The lowest BCUT2D eigenvalue weighted by molar-refractivity contribution is -0.143. The van der Waals surface area contributed by atoms with Gasteiger partial charge in [-0.25, -0.2) is 4.98 Å². The topological polar surface area (TPSA) is 506 Å². The smallest absolute Gasteiger partial charge is 0.325 e. The number of rotatable bonds is 34. The highest BCUT2D eigenvalue weighted by atomic mass is 16.4. The number of aromatic nitrogens is 2. The van der Waals surface area contributed by atoms with Gasteiger partial charge >= 0.3 is 23.9 Å². The summed E-state index contributed by atoms with van der Waals surface area (Å²) in [6.07, 6.45) is -2.19. The maximum Gasteiger partial charge on any atom is 0.325 e. The number of hydrogen-bond acceptors (Lipinski definition) is 17. The van der Waals surface area contributed by atoms with Crippen LogP contribution in [-0.2, 0) is 86.4 Å². The third-order valence-electron chi connectivity index (χ3n) is 13.6. The Bertz CT molecular complexity index is 2950. The van der Waals surface area contributed by atoms with Crippen LogP contribution in [0.3, 0.4) is 0 Å². The van der Waals surface area contributed by atoms with E-state index in [0.717, 1.165) is 20.8 Å². The van der Waals surface area contributed by atoms with Crippen LogP contribution in [0.15, 0.2) is 73.2 Å². The number of amides is 10. The number of benzene rings is 2. The van der Waals surface area contributed by atoms with Gasteiger partial charge in [-0.3, -0.25) is 67.1 Å². The van der Waals surface area contributed by atoms with Gasteiger partial charge in [-0.2, -0.15) is 0 Å². The summed E-state index contributed by atoms with van der Waals surface area (Å²) in [4.78, 5) is 192. The SMILES string of the molecule is C[C@H](NC(=O)[C@@H](NC(=O)[C@H](CC(=O)O)NC(=O)[C@H](Cc1ccccc1)NC(=O)[C@H](Cc1ccccc1)NC(=O)[C@H](C)NC(=O)[C@H](C)NC(=O)[C@H](CCC(=O)O)NC(=O)[C@H](CC(=O)O)NC(=O)[C@@H]1CCCN1C(=O)[C@@H](N)Cc1c[nH]cn1)[C@@H](C)O)C(=O)O. The Morgan fingerprint density at radius 1 is 0.552 bits per heavy atom. The summed E-state index contributed by atoms with van der Waals surface area (Å²) >= 11 is 0. The van der Waals surface area contributed by atoms with E-state index in [1.807, 2.05) is 0 Å². The minimum atomic E-state index is -1.96. The van der Waals surface area contributed by atoms with Crippen molar-refractivity contribution in [1.82, 2.24) is 62.7 Å². The summed E-state index contributed by atoms with van der Waals surface area (Å²) < 4.78 is 0. The van der Waals surface area contributed by atoms with E-state index in [2.05, 4.69) is 57.8 Å². The highest BCUT2D eigenvalue weighted by Gasteiger charge is 2.40. The van der Waals surface area contributed by atoms with E-state index in [1.165, 1.54) is 24.3 Å².